The number of hydrogen-bond acceptors (Lipinski definition) is 5. The summed E-state index contributed by atoms with van der Waals surface area (Å²) in [4.78, 5) is 17.6. The van der Waals surface area contributed by atoms with Crippen LogP contribution in [0.25, 0.3) is 10.2 Å². The van der Waals surface area contributed by atoms with Crippen molar-refractivity contribution in [1.82, 2.24) is 8.87 Å². The minimum Gasteiger partial charge on any atom is -0.494 e. The third kappa shape index (κ3) is 4.33. The molecule has 1 aromatic heterocycles. The molecule has 0 fully saturated rings. The first-order chi connectivity index (χ1) is 14.3. The summed E-state index contributed by atoms with van der Waals surface area (Å²) in [6.45, 7) is 6.88. The van der Waals surface area contributed by atoms with Gasteiger partial charge >= 0.3 is 0 Å². The Morgan fingerprint density at radius 1 is 1.10 bits per heavy atom. The Balaban J connectivity index is 1.92. The van der Waals surface area contributed by atoms with Gasteiger partial charge < -0.3 is 9.30 Å². The summed E-state index contributed by atoms with van der Waals surface area (Å²) >= 11 is 1.40. The molecule has 0 radical (unpaired) electrons. The molecule has 0 unspecified atom stereocenters. The van der Waals surface area contributed by atoms with Crippen molar-refractivity contribution in [2.24, 2.45) is 12.0 Å². The molecule has 0 saturated carbocycles. The Labute approximate surface area is 180 Å². The zero-order valence-electron chi connectivity index (χ0n) is 17.5. The Bertz CT molecular complexity index is 1220. The van der Waals surface area contributed by atoms with Crippen molar-refractivity contribution in [2.75, 3.05) is 19.7 Å². The van der Waals surface area contributed by atoms with E-state index in [-0.39, 0.29) is 4.90 Å². The monoisotopic (exact) mass is 447 g/mol. The Morgan fingerprint density at radius 3 is 2.37 bits per heavy atom. The van der Waals surface area contributed by atoms with Gasteiger partial charge in [-0.25, -0.2) is 8.42 Å². The molecule has 0 atom stereocenters. The van der Waals surface area contributed by atoms with Crippen molar-refractivity contribution >= 4 is 37.5 Å². The van der Waals surface area contributed by atoms with E-state index in [4.69, 9.17) is 4.74 Å². The molecule has 0 spiro atoms. The van der Waals surface area contributed by atoms with Crippen LogP contribution in [-0.4, -0.2) is 42.9 Å². The Morgan fingerprint density at radius 2 is 1.77 bits per heavy atom. The highest BCUT2D eigenvalue weighted by molar-refractivity contribution is 7.89. The molecule has 2 aromatic carbocycles. The van der Waals surface area contributed by atoms with Gasteiger partial charge in [0.2, 0.25) is 10.0 Å². The van der Waals surface area contributed by atoms with Crippen molar-refractivity contribution in [3.05, 3.63) is 52.8 Å². The van der Waals surface area contributed by atoms with Crippen LogP contribution in [0.15, 0.2) is 52.4 Å². The van der Waals surface area contributed by atoms with Gasteiger partial charge in [-0.1, -0.05) is 25.2 Å². The fraction of sp³-hybridized carbons (Fsp3) is 0.333. The summed E-state index contributed by atoms with van der Waals surface area (Å²) in [5.74, 6) is 0.351. The van der Waals surface area contributed by atoms with Gasteiger partial charge in [-0.2, -0.15) is 9.30 Å². The smallest absolute Gasteiger partial charge is 0.279 e. The van der Waals surface area contributed by atoms with Crippen LogP contribution in [0, 0.1) is 0 Å². The normalized spacial score (nSPS) is 12.6. The number of hydrogen-bond donors (Lipinski definition) is 0. The fourth-order valence-electron chi connectivity index (χ4n) is 3.11. The first kappa shape index (κ1) is 22.2. The summed E-state index contributed by atoms with van der Waals surface area (Å²) < 4.78 is 34.9. The number of ether oxygens (including phenoxy) is 1. The van der Waals surface area contributed by atoms with Crippen LogP contribution >= 0.6 is 11.3 Å². The van der Waals surface area contributed by atoms with Gasteiger partial charge in [-0.05, 0) is 49.4 Å². The van der Waals surface area contributed by atoms with Gasteiger partial charge in [-0.15, -0.1) is 0 Å². The van der Waals surface area contributed by atoms with E-state index in [2.05, 4.69) is 4.99 Å². The fourth-order valence-corrected chi connectivity index (χ4v) is 5.61. The number of thiazole rings is 1. The molecule has 0 bridgehead atoms. The predicted octanol–water partition coefficient (Wildman–Crippen LogP) is 3.41. The van der Waals surface area contributed by atoms with E-state index in [1.54, 1.807) is 13.8 Å². The van der Waals surface area contributed by atoms with E-state index in [9.17, 15) is 13.2 Å². The van der Waals surface area contributed by atoms with Crippen molar-refractivity contribution in [3.8, 4) is 5.75 Å². The molecular weight excluding hydrogens is 422 g/mol. The number of benzene rings is 2. The van der Waals surface area contributed by atoms with Gasteiger partial charge in [-0.3, -0.25) is 4.79 Å². The first-order valence-electron chi connectivity index (χ1n) is 9.73. The highest BCUT2D eigenvalue weighted by atomic mass is 32.2. The lowest BCUT2D eigenvalue weighted by atomic mass is 10.2. The number of aryl methyl sites for hydroxylation is 1. The average Bonchev–Trinajstić information content (AvgIpc) is 3.03. The number of nitrogens with zero attached hydrogens (tertiary/aromatic N) is 3. The zero-order valence-corrected chi connectivity index (χ0v) is 19.1. The van der Waals surface area contributed by atoms with E-state index in [0.717, 1.165) is 16.0 Å². The van der Waals surface area contributed by atoms with Crippen molar-refractivity contribution in [2.45, 2.75) is 25.7 Å². The maximum Gasteiger partial charge on any atom is 0.279 e. The molecule has 9 heteroatoms. The molecule has 0 aliphatic heterocycles. The van der Waals surface area contributed by atoms with Crippen LogP contribution in [0.1, 0.15) is 31.1 Å². The maximum absolute atomic E-state index is 12.7. The van der Waals surface area contributed by atoms with Crippen molar-refractivity contribution in [3.63, 3.8) is 0 Å². The van der Waals surface area contributed by atoms with Crippen LogP contribution in [0.5, 0.6) is 5.75 Å². The van der Waals surface area contributed by atoms with E-state index >= 15 is 0 Å². The van der Waals surface area contributed by atoms with Crippen LogP contribution in [0.4, 0.5) is 0 Å². The number of amides is 1. The third-order valence-corrected chi connectivity index (χ3v) is 7.89. The van der Waals surface area contributed by atoms with E-state index < -0.39 is 15.9 Å². The summed E-state index contributed by atoms with van der Waals surface area (Å²) in [6, 6.07) is 11.7. The number of sulfonamides is 1. The molecule has 1 amide bonds. The number of carbonyl (C=O) groups is 1. The second kappa shape index (κ2) is 9.11. The predicted molar refractivity (Wildman–Crippen MR) is 118 cm³/mol. The van der Waals surface area contributed by atoms with E-state index in [1.807, 2.05) is 36.7 Å². The Hall–Kier alpha value is -2.49. The third-order valence-electron chi connectivity index (χ3n) is 4.73. The lowest BCUT2D eigenvalue weighted by Gasteiger charge is -2.18. The molecule has 1 heterocycles. The quantitative estimate of drug-likeness (QED) is 0.556. The van der Waals surface area contributed by atoms with Gasteiger partial charge in [0.05, 0.1) is 21.7 Å². The molecule has 0 aliphatic carbocycles. The average molecular weight is 448 g/mol. The molecule has 7 nitrogen and oxygen atoms in total. The minimum atomic E-state index is -3.56. The Kier molecular flexibility index (Phi) is 6.74. The summed E-state index contributed by atoms with van der Waals surface area (Å²) in [5.41, 5.74) is 1.29. The van der Waals surface area contributed by atoms with Gasteiger partial charge in [0, 0.05) is 25.7 Å². The van der Waals surface area contributed by atoms with Crippen LogP contribution in [0.3, 0.4) is 0 Å². The molecule has 0 aliphatic rings. The lowest BCUT2D eigenvalue weighted by molar-refractivity contribution is 0.0998. The molecule has 30 heavy (non-hydrogen) atoms. The largest absolute Gasteiger partial charge is 0.494 e. The SMILES string of the molecule is CCOc1ccc2c(c1)sc(=NC(=O)c1ccc(S(=O)(=O)N(CC)CC)cc1)n2C. The van der Waals surface area contributed by atoms with Crippen molar-refractivity contribution < 1.29 is 17.9 Å². The van der Waals surface area contributed by atoms with Gasteiger partial charge in [0.1, 0.15) is 5.75 Å². The molecule has 160 valence electrons. The highest BCUT2D eigenvalue weighted by Gasteiger charge is 2.21. The van der Waals surface area contributed by atoms with Crippen LogP contribution in [0.2, 0.25) is 0 Å². The van der Waals surface area contributed by atoms with Crippen LogP contribution < -0.4 is 9.54 Å². The number of carbonyl (C=O) groups excluding carboxylic acids is 1. The lowest BCUT2D eigenvalue weighted by Crippen LogP contribution is -2.30. The minimum absolute atomic E-state index is 0.165. The summed E-state index contributed by atoms with van der Waals surface area (Å²) in [5, 5.41) is 0. The van der Waals surface area contributed by atoms with E-state index in [1.165, 1.54) is 39.9 Å². The molecular formula is C21H25N3O4S2. The van der Waals surface area contributed by atoms with Gasteiger partial charge in [0.15, 0.2) is 4.80 Å². The molecule has 0 saturated heterocycles. The number of fused-ring (bicyclic) bond motifs is 1. The molecule has 0 N–H and O–H groups in total. The van der Waals surface area contributed by atoms with Gasteiger partial charge in [0.25, 0.3) is 5.91 Å². The summed E-state index contributed by atoms with van der Waals surface area (Å²) in [7, 11) is -1.71. The van der Waals surface area contributed by atoms with Crippen molar-refractivity contribution in [1.29, 1.82) is 0 Å². The standard InChI is InChI=1S/C21H25N3O4S2/c1-5-24(6-2)30(26,27)17-11-8-15(9-12-17)20(25)22-21-23(4)18-13-10-16(28-7-3)14-19(18)29-21/h8-14H,5-7H2,1-4H3. The topological polar surface area (TPSA) is 81.0 Å². The number of aromatic nitrogens is 1. The second-order valence-electron chi connectivity index (χ2n) is 6.54. The second-order valence-corrected chi connectivity index (χ2v) is 9.48. The number of rotatable bonds is 7. The molecule has 3 rings (SSSR count). The van der Waals surface area contributed by atoms with Crippen LogP contribution in [-0.2, 0) is 17.1 Å². The molecule has 3 aromatic rings. The maximum atomic E-state index is 12.7. The summed E-state index contributed by atoms with van der Waals surface area (Å²) in [6.07, 6.45) is 0. The first-order valence-corrected chi connectivity index (χ1v) is 12.0. The zero-order chi connectivity index (χ0) is 21.9. The van der Waals surface area contributed by atoms with E-state index in [0.29, 0.717) is 30.1 Å². The highest BCUT2D eigenvalue weighted by Crippen LogP contribution is 2.23.